The second-order valence-electron chi connectivity index (χ2n) is 3.84. The van der Waals surface area contributed by atoms with Crippen LogP contribution in [0.2, 0.25) is 0 Å². The van der Waals surface area contributed by atoms with Gasteiger partial charge in [-0.25, -0.2) is 4.57 Å². The summed E-state index contributed by atoms with van der Waals surface area (Å²) in [5, 5.41) is 0. The molecule has 98 valence electrons. The van der Waals surface area contributed by atoms with Crippen LogP contribution < -0.4 is 0 Å². The third-order valence-electron chi connectivity index (χ3n) is 2.29. The average molecular weight is 273 g/mol. The van der Waals surface area contributed by atoms with E-state index in [4.69, 9.17) is 21.4 Å². The van der Waals surface area contributed by atoms with Gasteiger partial charge in [0.2, 0.25) is 0 Å². The van der Waals surface area contributed by atoms with Crippen LogP contribution in [-0.2, 0) is 9.09 Å². The highest BCUT2D eigenvalue weighted by atomic mass is 35.5. The standard InChI is InChI=1S/C10H22ClO4P/c11-9-7-5-3-1-2-4-6-8-10-15-16(12,13)14/h1-10H2,(H2,12,13,14). The van der Waals surface area contributed by atoms with E-state index >= 15 is 0 Å². The minimum Gasteiger partial charge on any atom is -0.303 e. The van der Waals surface area contributed by atoms with Gasteiger partial charge in [-0.05, 0) is 12.8 Å². The van der Waals surface area contributed by atoms with Gasteiger partial charge < -0.3 is 9.79 Å². The molecule has 0 atom stereocenters. The van der Waals surface area contributed by atoms with Crippen LogP contribution in [0.3, 0.4) is 0 Å². The van der Waals surface area contributed by atoms with E-state index in [1.165, 1.54) is 25.7 Å². The largest absolute Gasteiger partial charge is 0.469 e. The molecule has 0 saturated carbocycles. The second-order valence-corrected chi connectivity index (χ2v) is 5.46. The van der Waals surface area contributed by atoms with E-state index in [-0.39, 0.29) is 6.61 Å². The summed E-state index contributed by atoms with van der Waals surface area (Å²) in [5.41, 5.74) is 0. The molecule has 0 aliphatic heterocycles. The molecule has 2 N–H and O–H groups in total. The Morgan fingerprint density at radius 2 is 1.31 bits per heavy atom. The van der Waals surface area contributed by atoms with Crippen LogP contribution in [0.1, 0.15) is 51.4 Å². The average Bonchev–Trinajstić information content (AvgIpc) is 2.19. The van der Waals surface area contributed by atoms with Crippen molar-refractivity contribution >= 4 is 19.4 Å². The van der Waals surface area contributed by atoms with Gasteiger partial charge in [-0.3, -0.25) is 4.52 Å². The number of rotatable bonds is 11. The van der Waals surface area contributed by atoms with E-state index in [0.717, 1.165) is 25.1 Å². The third-order valence-corrected chi connectivity index (χ3v) is 3.07. The highest BCUT2D eigenvalue weighted by molar-refractivity contribution is 7.46. The molecule has 0 heterocycles. The van der Waals surface area contributed by atoms with E-state index in [1.54, 1.807) is 0 Å². The van der Waals surface area contributed by atoms with Gasteiger partial charge in [0, 0.05) is 5.88 Å². The monoisotopic (exact) mass is 272 g/mol. The number of hydrogen-bond donors (Lipinski definition) is 2. The van der Waals surface area contributed by atoms with Gasteiger partial charge in [0.1, 0.15) is 0 Å². The molecular formula is C10H22ClO4P. The smallest absolute Gasteiger partial charge is 0.303 e. The van der Waals surface area contributed by atoms with Crippen LogP contribution in [0.5, 0.6) is 0 Å². The van der Waals surface area contributed by atoms with Crippen molar-refractivity contribution in [2.45, 2.75) is 51.4 Å². The van der Waals surface area contributed by atoms with Crippen molar-refractivity contribution < 1.29 is 18.9 Å². The summed E-state index contributed by atoms with van der Waals surface area (Å²) in [5.74, 6) is 0.750. The lowest BCUT2D eigenvalue weighted by atomic mass is 10.1. The van der Waals surface area contributed by atoms with Gasteiger partial charge in [0.05, 0.1) is 6.61 Å². The third kappa shape index (κ3) is 14.4. The molecule has 4 nitrogen and oxygen atoms in total. The summed E-state index contributed by atoms with van der Waals surface area (Å²) in [6.07, 6.45) is 8.70. The van der Waals surface area contributed by atoms with Gasteiger partial charge in [0.25, 0.3) is 0 Å². The maximum absolute atomic E-state index is 10.3. The van der Waals surface area contributed by atoms with Crippen LogP contribution in [0.15, 0.2) is 0 Å². The highest BCUT2D eigenvalue weighted by Crippen LogP contribution is 2.35. The molecule has 16 heavy (non-hydrogen) atoms. The van der Waals surface area contributed by atoms with E-state index in [1.807, 2.05) is 0 Å². The Balaban J connectivity index is 3.02. The minimum absolute atomic E-state index is 0.149. The fourth-order valence-corrected chi connectivity index (χ4v) is 2.00. The summed E-state index contributed by atoms with van der Waals surface area (Å²) in [4.78, 5) is 16.8. The summed E-state index contributed by atoms with van der Waals surface area (Å²) in [7, 11) is -4.25. The molecule has 0 fully saturated rings. The predicted molar refractivity (Wildman–Crippen MR) is 65.7 cm³/mol. The second kappa shape index (κ2) is 10.5. The zero-order valence-corrected chi connectivity index (χ0v) is 11.3. The molecule has 0 rings (SSSR count). The Morgan fingerprint density at radius 1 is 0.875 bits per heavy atom. The molecule has 0 spiro atoms. The molecule has 0 aliphatic rings. The van der Waals surface area contributed by atoms with Crippen LogP contribution in [0.25, 0.3) is 0 Å². The number of alkyl halides is 1. The van der Waals surface area contributed by atoms with Gasteiger partial charge >= 0.3 is 7.82 Å². The summed E-state index contributed by atoms with van der Waals surface area (Å²) in [6.45, 7) is 0.149. The molecule has 0 aromatic heterocycles. The van der Waals surface area contributed by atoms with E-state index in [0.29, 0.717) is 6.42 Å². The molecule has 0 aliphatic carbocycles. The van der Waals surface area contributed by atoms with Gasteiger partial charge in [0.15, 0.2) is 0 Å². The van der Waals surface area contributed by atoms with E-state index < -0.39 is 7.82 Å². The Labute approximate surface area is 103 Å². The number of phosphoric ester groups is 1. The first kappa shape index (κ1) is 16.4. The first-order valence-electron chi connectivity index (χ1n) is 5.82. The molecule has 0 amide bonds. The van der Waals surface area contributed by atoms with Crippen molar-refractivity contribution in [3.8, 4) is 0 Å². The molecule has 0 saturated heterocycles. The predicted octanol–water partition coefficient (Wildman–Crippen LogP) is 3.46. The van der Waals surface area contributed by atoms with Crippen molar-refractivity contribution in [2.24, 2.45) is 0 Å². The lowest BCUT2D eigenvalue weighted by Gasteiger charge is -2.04. The number of unbranched alkanes of at least 4 members (excludes halogenated alkanes) is 7. The fourth-order valence-electron chi connectivity index (χ4n) is 1.44. The molecule has 0 bridgehead atoms. The Bertz CT molecular complexity index is 195. The Morgan fingerprint density at radius 3 is 1.75 bits per heavy atom. The van der Waals surface area contributed by atoms with Gasteiger partial charge in [-0.2, -0.15) is 0 Å². The molecule has 0 unspecified atom stereocenters. The lowest BCUT2D eigenvalue weighted by molar-refractivity contribution is 0.193. The number of halogens is 1. The Hall–Kier alpha value is 0.400. The first-order valence-corrected chi connectivity index (χ1v) is 7.89. The van der Waals surface area contributed by atoms with Crippen LogP contribution in [0, 0.1) is 0 Å². The maximum Gasteiger partial charge on any atom is 0.469 e. The van der Waals surface area contributed by atoms with Crippen LogP contribution in [-0.4, -0.2) is 22.3 Å². The highest BCUT2D eigenvalue weighted by Gasteiger charge is 2.12. The van der Waals surface area contributed by atoms with E-state index in [9.17, 15) is 4.57 Å². The summed E-state index contributed by atoms with van der Waals surface area (Å²) < 4.78 is 14.7. The molecule has 6 heteroatoms. The van der Waals surface area contributed by atoms with Crippen molar-refractivity contribution in [2.75, 3.05) is 12.5 Å². The molecule has 0 radical (unpaired) electrons. The number of phosphoric acid groups is 1. The maximum atomic E-state index is 10.3. The lowest BCUT2D eigenvalue weighted by Crippen LogP contribution is -1.92. The number of hydrogen-bond acceptors (Lipinski definition) is 2. The van der Waals surface area contributed by atoms with E-state index in [2.05, 4.69) is 4.52 Å². The molecular weight excluding hydrogens is 251 g/mol. The fraction of sp³-hybridized carbons (Fsp3) is 1.00. The zero-order chi connectivity index (χ0) is 12.3. The summed E-state index contributed by atoms with van der Waals surface area (Å²) in [6, 6.07) is 0. The minimum atomic E-state index is -4.25. The van der Waals surface area contributed by atoms with Crippen LogP contribution >= 0.6 is 19.4 Å². The zero-order valence-electron chi connectivity index (χ0n) is 9.61. The van der Waals surface area contributed by atoms with Crippen molar-refractivity contribution in [3.05, 3.63) is 0 Å². The van der Waals surface area contributed by atoms with Crippen molar-refractivity contribution in [3.63, 3.8) is 0 Å². The first-order chi connectivity index (χ1) is 7.56. The topological polar surface area (TPSA) is 66.8 Å². The molecule has 0 aromatic rings. The quantitative estimate of drug-likeness (QED) is 0.343. The van der Waals surface area contributed by atoms with Gasteiger partial charge in [-0.15, -0.1) is 11.6 Å². The SMILES string of the molecule is O=P(O)(O)OCCCCCCCCCCCl. The van der Waals surface area contributed by atoms with Gasteiger partial charge in [-0.1, -0.05) is 38.5 Å². The Kier molecular flexibility index (Phi) is 10.8. The van der Waals surface area contributed by atoms with Crippen molar-refractivity contribution in [1.82, 2.24) is 0 Å². The summed E-state index contributed by atoms with van der Waals surface area (Å²) >= 11 is 5.56. The molecule has 0 aromatic carbocycles. The normalized spacial score (nSPS) is 11.9. The van der Waals surface area contributed by atoms with Crippen LogP contribution in [0.4, 0.5) is 0 Å². The van der Waals surface area contributed by atoms with Crippen molar-refractivity contribution in [1.29, 1.82) is 0 Å².